The predicted molar refractivity (Wildman–Crippen MR) is 46.5 cm³/mol. The van der Waals surface area contributed by atoms with Gasteiger partial charge in [0, 0.05) is 5.92 Å². The molecular formula is C9H14O5. The first-order valence-corrected chi connectivity index (χ1v) is 4.35. The second kappa shape index (κ2) is 3.57. The first-order valence-electron chi connectivity index (χ1n) is 4.35. The quantitative estimate of drug-likeness (QED) is 0.470. The van der Waals surface area contributed by atoms with E-state index in [-0.39, 0.29) is 12.0 Å². The van der Waals surface area contributed by atoms with Crippen molar-refractivity contribution < 1.29 is 23.8 Å². The molecule has 0 amide bonds. The molecule has 0 aliphatic carbocycles. The fourth-order valence-electron chi connectivity index (χ4n) is 1.62. The van der Waals surface area contributed by atoms with Crippen molar-refractivity contribution in [2.75, 3.05) is 14.2 Å². The zero-order chi connectivity index (χ0) is 10.9. The van der Waals surface area contributed by atoms with Crippen molar-refractivity contribution >= 4 is 11.9 Å². The maximum Gasteiger partial charge on any atom is 0.350 e. The summed E-state index contributed by atoms with van der Waals surface area (Å²) in [7, 11) is 2.43. The molecule has 0 radical (unpaired) electrons. The Morgan fingerprint density at radius 2 is 1.57 bits per heavy atom. The molecule has 0 saturated carbocycles. The summed E-state index contributed by atoms with van der Waals surface area (Å²) >= 11 is 0. The molecule has 80 valence electrons. The predicted octanol–water partition coefficient (Wildman–Crippen LogP) is 0.126. The summed E-state index contributed by atoms with van der Waals surface area (Å²) in [6.45, 7) is 3.54. The summed E-state index contributed by atoms with van der Waals surface area (Å²) in [6, 6.07) is 0. The molecule has 1 aliphatic rings. The van der Waals surface area contributed by atoms with E-state index < -0.39 is 17.5 Å². The minimum atomic E-state index is -1.55. The molecule has 1 saturated heterocycles. The van der Waals surface area contributed by atoms with Crippen LogP contribution >= 0.6 is 0 Å². The van der Waals surface area contributed by atoms with E-state index >= 15 is 0 Å². The highest BCUT2D eigenvalue weighted by atomic mass is 16.6. The van der Waals surface area contributed by atoms with Crippen LogP contribution in [-0.4, -0.2) is 37.9 Å². The molecule has 5 nitrogen and oxygen atoms in total. The third kappa shape index (κ3) is 1.19. The average molecular weight is 202 g/mol. The van der Waals surface area contributed by atoms with Gasteiger partial charge in [0.15, 0.2) is 0 Å². The monoisotopic (exact) mass is 202 g/mol. The average Bonchev–Trinajstić information content (AvgIpc) is 2.22. The summed E-state index contributed by atoms with van der Waals surface area (Å²) in [5.74, 6) is -1.63. The van der Waals surface area contributed by atoms with Gasteiger partial charge in [-0.05, 0) is 6.92 Å². The van der Waals surface area contributed by atoms with Crippen LogP contribution in [-0.2, 0) is 23.8 Å². The van der Waals surface area contributed by atoms with Crippen molar-refractivity contribution in [1.29, 1.82) is 0 Å². The van der Waals surface area contributed by atoms with Crippen molar-refractivity contribution in [3.05, 3.63) is 0 Å². The molecule has 0 spiro atoms. The van der Waals surface area contributed by atoms with Crippen molar-refractivity contribution in [2.24, 2.45) is 5.92 Å². The SMILES string of the molecule is COC(=O)C1(C(=O)OC)O[C@H](C)[C@H]1C. The van der Waals surface area contributed by atoms with Gasteiger partial charge in [0.2, 0.25) is 0 Å². The molecule has 0 aromatic rings. The highest BCUT2D eigenvalue weighted by Gasteiger charge is 2.64. The van der Waals surface area contributed by atoms with Gasteiger partial charge in [-0.3, -0.25) is 0 Å². The molecular weight excluding hydrogens is 188 g/mol. The number of esters is 2. The van der Waals surface area contributed by atoms with Gasteiger partial charge in [0.1, 0.15) is 0 Å². The first-order chi connectivity index (χ1) is 6.50. The van der Waals surface area contributed by atoms with Crippen molar-refractivity contribution in [1.82, 2.24) is 0 Å². The van der Waals surface area contributed by atoms with Gasteiger partial charge in [-0.1, -0.05) is 6.92 Å². The maximum atomic E-state index is 11.4. The fourth-order valence-corrected chi connectivity index (χ4v) is 1.62. The number of carbonyl (C=O) groups is 2. The number of hydrogen-bond donors (Lipinski definition) is 0. The van der Waals surface area contributed by atoms with Gasteiger partial charge in [-0.15, -0.1) is 0 Å². The standard InChI is InChI=1S/C9H14O5/c1-5-6(2)14-9(5,7(10)12-3)8(11)13-4/h5-6H,1-4H3/t5-,6-/m1/s1. The summed E-state index contributed by atoms with van der Waals surface area (Å²) < 4.78 is 14.3. The molecule has 0 bridgehead atoms. The van der Waals surface area contributed by atoms with E-state index in [4.69, 9.17) is 4.74 Å². The van der Waals surface area contributed by atoms with Crippen LogP contribution in [0.25, 0.3) is 0 Å². The molecule has 1 aliphatic heterocycles. The van der Waals surface area contributed by atoms with Crippen LogP contribution in [0.15, 0.2) is 0 Å². The lowest BCUT2D eigenvalue weighted by molar-refractivity contribution is -0.256. The second-order valence-corrected chi connectivity index (χ2v) is 3.33. The van der Waals surface area contributed by atoms with Crippen molar-refractivity contribution in [2.45, 2.75) is 25.6 Å². The van der Waals surface area contributed by atoms with Crippen molar-refractivity contribution in [3.8, 4) is 0 Å². The van der Waals surface area contributed by atoms with Gasteiger partial charge >= 0.3 is 11.9 Å². The molecule has 14 heavy (non-hydrogen) atoms. The normalized spacial score (nSPS) is 28.9. The Hall–Kier alpha value is -1.10. The highest BCUT2D eigenvalue weighted by molar-refractivity contribution is 6.05. The largest absolute Gasteiger partial charge is 0.466 e. The Kier molecular flexibility index (Phi) is 2.80. The molecule has 1 rings (SSSR count). The zero-order valence-electron chi connectivity index (χ0n) is 8.70. The second-order valence-electron chi connectivity index (χ2n) is 3.33. The molecule has 0 unspecified atom stereocenters. The Morgan fingerprint density at radius 1 is 1.14 bits per heavy atom. The van der Waals surface area contributed by atoms with Gasteiger partial charge in [0.05, 0.1) is 20.3 Å². The third-order valence-electron chi connectivity index (χ3n) is 2.69. The number of carbonyl (C=O) groups excluding carboxylic acids is 2. The summed E-state index contributed by atoms with van der Waals surface area (Å²) in [6.07, 6.45) is -0.145. The van der Waals surface area contributed by atoms with E-state index in [1.165, 1.54) is 14.2 Å². The smallest absolute Gasteiger partial charge is 0.350 e. The molecule has 0 aromatic heterocycles. The minimum absolute atomic E-state index is 0.145. The molecule has 0 aromatic carbocycles. The molecule has 1 heterocycles. The lowest BCUT2D eigenvalue weighted by Gasteiger charge is -2.47. The molecule has 5 heteroatoms. The third-order valence-corrected chi connectivity index (χ3v) is 2.69. The van der Waals surface area contributed by atoms with Gasteiger partial charge in [-0.2, -0.15) is 0 Å². The van der Waals surface area contributed by atoms with E-state index in [1.807, 2.05) is 0 Å². The van der Waals surface area contributed by atoms with Crippen LogP contribution in [0.1, 0.15) is 13.8 Å². The van der Waals surface area contributed by atoms with Gasteiger partial charge in [-0.25, -0.2) is 9.59 Å². The number of ether oxygens (including phenoxy) is 3. The Balaban J connectivity index is 2.94. The fraction of sp³-hybridized carbons (Fsp3) is 0.778. The van der Waals surface area contributed by atoms with Crippen LogP contribution in [0, 0.1) is 5.92 Å². The van der Waals surface area contributed by atoms with Crippen molar-refractivity contribution in [3.63, 3.8) is 0 Å². The summed E-state index contributed by atoms with van der Waals surface area (Å²) in [5, 5.41) is 0. The van der Waals surface area contributed by atoms with E-state index in [0.717, 1.165) is 0 Å². The van der Waals surface area contributed by atoms with E-state index in [2.05, 4.69) is 9.47 Å². The van der Waals surface area contributed by atoms with Crippen LogP contribution in [0.3, 0.4) is 0 Å². The van der Waals surface area contributed by atoms with Gasteiger partial charge in [0.25, 0.3) is 5.60 Å². The van der Waals surface area contributed by atoms with E-state index in [1.54, 1.807) is 13.8 Å². The van der Waals surface area contributed by atoms with Crippen LogP contribution in [0.5, 0.6) is 0 Å². The summed E-state index contributed by atoms with van der Waals surface area (Å²) in [4.78, 5) is 22.8. The molecule has 0 N–H and O–H groups in total. The Morgan fingerprint density at radius 3 is 1.79 bits per heavy atom. The lowest BCUT2D eigenvalue weighted by Crippen LogP contribution is -2.67. The van der Waals surface area contributed by atoms with Gasteiger partial charge < -0.3 is 14.2 Å². The number of methoxy groups -OCH3 is 2. The van der Waals surface area contributed by atoms with E-state index in [0.29, 0.717) is 0 Å². The Labute approximate surface area is 82.3 Å². The van der Waals surface area contributed by atoms with E-state index in [9.17, 15) is 9.59 Å². The molecule has 1 fully saturated rings. The van der Waals surface area contributed by atoms with Crippen LogP contribution in [0.4, 0.5) is 0 Å². The Bertz CT molecular complexity index is 244. The zero-order valence-corrected chi connectivity index (χ0v) is 8.70. The number of hydrogen-bond acceptors (Lipinski definition) is 5. The first kappa shape index (κ1) is 11.0. The maximum absolute atomic E-state index is 11.4. The molecule has 2 atom stereocenters. The topological polar surface area (TPSA) is 61.8 Å². The van der Waals surface area contributed by atoms with Crippen LogP contribution in [0.2, 0.25) is 0 Å². The minimum Gasteiger partial charge on any atom is -0.466 e. The highest BCUT2D eigenvalue weighted by Crippen LogP contribution is 2.40. The lowest BCUT2D eigenvalue weighted by atomic mass is 9.78. The summed E-state index contributed by atoms with van der Waals surface area (Å²) in [5.41, 5.74) is -1.55. The number of rotatable bonds is 2. The van der Waals surface area contributed by atoms with Crippen LogP contribution < -0.4 is 0 Å².